The van der Waals surface area contributed by atoms with Gasteiger partial charge >= 0.3 is 24.4 Å². The molecule has 0 aliphatic rings. The van der Waals surface area contributed by atoms with E-state index in [1.807, 2.05) is 204 Å². The Kier molecular flexibility index (Phi) is 30.5. The number of unbranched alkanes of at least 4 members (excludes halogenated alkanes) is 6. The van der Waals surface area contributed by atoms with E-state index in [-0.39, 0.29) is 68.8 Å². The standard InChI is InChI=1S/C71H104N6O11/c1-68(2,3)85-64(81)72(45-29-17-31-49-74(66(83)87-70(7,8)9)51-57-35-19-13-20-36-57)47-33-27-43-62(79)76(53-59-39-23-15-24-40-59)55-61(78)56-77(54-60-41-25-16-26-42-60)63(80)44-28-34-48-73(65(82)86-69(4,5)6)46-30-18-32-50-75(67(84)88-71(10,11)12)52-58-37-21-14-22-38-58/h13-16,19-26,35-42H,17-18,27-34,43-56H2,1-12H3. The predicted molar refractivity (Wildman–Crippen MR) is 346 cm³/mol. The normalized spacial score (nSPS) is 11.7. The van der Waals surface area contributed by atoms with Gasteiger partial charge in [0, 0.05) is 78.3 Å². The van der Waals surface area contributed by atoms with E-state index < -0.39 is 34.6 Å². The molecule has 4 aromatic carbocycles. The summed E-state index contributed by atoms with van der Waals surface area (Å²) in [6.07, 6.45) is 4.84. The molecule has 0 aliphatic heterocycles. The Morgan fingerprint density at radius 1 is 0.284 bits per heavy atom. The van der Waals surface area contributed by atoms with Crippen molar-refractivity contribution in [2.75, 3.05) is 52.4 Å². The van der Waals surface area contributed by atoms with Gasteiger partial charge < -0.3 is 48.3 Å². The van der Waals surface area contributed by atoms with Gasteiger partial charge in [0.15, 0.2) is 5.78 Å². The van der Waals surface area contributed by atoms with Gasteiger partial charge in [-0.25, -0.2) is 19.2 Å². The number of benzene rings is 4. The molecule has 0 atom stereocenters. The summed E-state index contributed by atoms with van der Waals surface area (Å²) in [6, 6.07) is 38.6. The first-order valence-corrected chi connectivity index (χ1v) is 31.7. The molecule has 17 nitrogen and oxygen atoms in total. The quantitative estimate of drug-likeness (QED) is 0.0321. The molecule has 0 aliphatic carbocycles. The van der Waals surface area contributed by atoms with Gasteiger partial charge in [-0.1, -0.05) is 121 Å². The number of carbonyl (C=O) groups excluding carboxylic acids is 7. The Labute approximate surface area is 526 Å². The van der Waals surface area contributed by atoms with Gasteiger partial charge in [0.05, 0.1) is 13.1 Å². The number of ether oxygens (including phenoxy) is 4. The largest absolute Gasteiger partial charge is 0.444 e. The van der Waals surface area contributed by atoms with Gasteiger partial charge in [-0.3, -0.25) is 14.4 Å². The van der Waals surface area contributed by atoms with Gasteiger partial charge in [-0.2, -0.15) is 0 Å². The molecule has 88 heavy (non-hydrogen) atoms. The van der Waals surface area contributed by atoms with Gasteiger partial charge in [0.25, 0.3) is 0 Å². The van der Waals surface area contributed by atoms with Crippen molar-refractivity contribution in [3.63, 3.8) is 0 Å². The Morgan fingerprint density at radius 2 is 0.500 bits per heavy atom. The van der Waals surface area contributed by atoms with Crippen LogP contribution in [0.2, 0.25) is 0 Å². The zero-order valence-corrected chi connectivity index (χ0v) is 55.2. The highest BCUT2D eigenvalue weighted by atomic mass is 16.6. The zero-order valence-electron chi connectivity index (χ0n) is 55.2. The molecule has 0 unspecified atom stereocenters. The second-order valence-electron chi connectivity index (χ2n) is 26.8. The molecule has 0 heterocycles. The zero-order chi connectivity index (χ0) is 64.8. The first kappa shape index (κ1) is 73.0. The van der Waals surface area contributed by atoms with Crippen LogP contribution >= 0.6 is 0 Å². The smallest absolute Gasteiger partial charge is 0.410 e. The minimum Gasteiger partial charge on any atom is -0.444 e. The molecule has 4 rings (SSSR count). The summed E-state index contributed by atoms with van der Waals surface area (Å²) in [5, 5.41) is 0. The molecular formula is C71H104N6O11. The lowest BCUT2D eigenvalue weighted by molar-refractivity contribution is -0.139. The van der Waals surface area contributed by atoms with E-state index in [9.17, 15) is 33.6 Å². The predicted octanol–water partition coefficient (Wildman–Crippen LogP) is 14.6. The molecule has 0 N–H and O–H groups in total. The highest BCUT2D eigenvalue weighted by Crippen LogP contribution is 2.20. The Balaban J connectivity index is 1.36. The van der Waals surface area contributed by atoms with Crippen LogP contribution in [-0.2, 0) is 59.5 Å². The summed E-state index contributed by atoms with van der Waals surface area (Å²) in [7, 11) is 0. The maximum Gasteiger partial charge on any atom is 0.410 e. The number of hydrogen-bond donors (Lipinski definition) is 0. The lowest BCUT2D eigenvalue weighted by Crippen LogP contribution is -2.42. The fraction of sp³-hybridized carbons (Fsp3) is 0.563. The van der Waals surface area contributed by atoms with E-state index >= 15 is 0 Å². The molecule has 6 amide bonds. The SMILES string of the molecule is CC(C)(C)OC(=O)N(CCCCCN(Cc1ccccc1)C(=O)OC(C)(C)C)CCCCC(=O)N(CC(=O)CN(Cc1ccccc1)C(=O)CCCCN(CCCCCN(Cc1ccccc1)C(=O)OC(C)(C)C)C(=O)OC(C)(C)C)Cc1ccccc1. The number of ketones is 1. The van der Waals surface area contributed by atoms with Crippen molar-refractivity contribution in [1.29, 1.82) is 0 Å². The van der Waals surface area contributed by atoms with E-state index in [2.05, 4.69) is 0 Å². The molecule has 0 saturated heterocycles. The summed E-state index contributed by atoms with van der Waals surface area (Å²) in [6.45, 7) is 25.5. The second kappa shape index (κ2) is 36.8. The third-order valence-corrected chi connectivity index (χ3v) is 13.8. The number of amides is 6. The maximum atomic E-state index is 14.2. The lowest BCUT2D eigenvalue weighted by atomic mass is 10.1. The van der Waals surface area contributed by atoms with E-state index in [1.54, 1.807) is 29.4 Å². The van der Waals surface area contributed by atoms with E-state index in [1.165, 1.54) is 0 Å². The molecule has 4 aromatic rings. The lowest BCUT2D eigenvalue weighted by Gasteiger charge is -2.29. The topological polar surface area (TPSA) is 176 Å². The molecule has 0 fully saturated rings. The average molecular weight is 1220 g/mol. The minimum atomic E-state index is -0.712. The van der Waals surface area contributed by atoms with Crippen molar-refractivity contribution >= 4 is 42.0 Å². The average Bonchev–Trinajstić information content (AvgIpc) is 3.67. The van der Waals surface area contributed by atoms with Crippen molar-refractivity contribution in [1.82, 2.24) is 29.4 Å². The molecule has 0 bridgehead atoms. The summed E-state index contributed by atoms with van der Waals surface area (Å²) < 4.78 is 23.1. The minimum absolute atomic E-state index is 0.138. The third-order valence-electron chi connectivity index (χ3n) is 13.8. The Hall–Kier alpha value is -7.43. The number of nitrogens with zero attached hydrogens (tertiary/aromatic N) is 6. The number of rotatable bonds is 34. The van der Waals surface area contributed by atoms with Crippen LogP contribution < -0.4 is 0 Å². The first-order valence-electron chi connectivity index (χ1n) is 31.7. The van der Waals surface area contributed by atoms with Crippen LogP contribution in [0.3, 0.4) is 0 Å². The molecule has 484 valence electrons. The fourth-order valence-electron chi connectivity index (χ4n) is 9.56. The molecule has 0 radical (unpaired) electrons. The Bertz CT molecular complexity index is 2540. The van der Waals surface area contributed by atoms with Crippen molar-refractivity contribution in [2.24, 2.45) is 0 Å². The van der Waals surface area contributed by atoms with Gasteiger partial charge in [0.2, 0.25) is 11.8 Å². The molecular weight excluding hydrogens is 1110 g/mol. The summed E-state index contributed by atoms with van der Waals surface area (Å²) in [5.41, 5.74) is 1.02. The van der Waals surface area contributed by atoms with Crippen LogP contribution in [0.1, 0.15) is 182 Å². The number of hydrogen-bond acceptors (Lipinski definition) is 11. The van der Waals surface area contributed by atoms with Crippen LogP contribution in [0, 0.1) is 0 Å². The van der Waals surface area contributed by atoms with E-state index in [0.717, 1.165) is 35.1 Å². The van der Waals surface area contributed by atoms with Gasteiger partial charge in [-0.15, -0.1) is 0 Å². The van der Waals surface area contributed by atoms with Crippen molar-refractivity contribution in [3.8, 4) is 0 Å². The van der Waals surface area contributed by atoms with Crippen LogP contribution in [0.15, 0.2) is 121 Å². The van der Waals surface area contributed by atoms with E-state index in [4.69, 9.17) is 18.9 Å². The van der Waals surface area contributed by atoms with Crippen LogP contribution in [0.5, 0.6) is 0 Å². The van der Waals surface area contributed by atoms with Crippen molar-refractivity contribution < 1.29 is 52.5 Å². The van der Waals surface area contributed by atoms with Crippen LogP contribution in [0.4, 0.5) is 19.2 Å². The highest BCUT2D eigenvalue weighted by molar-refractivity contribution is 5.90. The molecule has 0 spiro atoms. The van der Waals surface area contributed by atoms with Crippen molar-refractivity contribution in [2.45, 2.75) is 209 Å². The van der Waals surface area contributed by atoms with Crippen LogP contribution in [0.25, 0.3) is 0 Å². The highest BCUT2D eigenvalue weighted by Gasteiger charge is 2.28. The number of Topliss-reactive ketones (excluding diaryl/α,β-unsaturated/α-hetero) is 1. The van der Waals surface area contributed by atoms with Crippen LogP contribution in [-0.4, -0.2) is 146 Å². The molecule has 0 saturated carbocycles. The number of carbonyl (C=O) groups is 7. The summed E-state index contributed by atoms with van der Waals surface area (Å²) in [5.74, 6) is -0.718. The summed E-state index contributed by atoms with van der Waals surface area (Å²) >= 11 is 0. The van der Waals surface area contributed by atoms with Crippen molar-refractivity contribution in [3.05, 3.63) is 144 Å². The Morgan fingerprint density at radius 3 is 0.750 bits per heavy atom. The van der Waals surface area contributed by atoms with Gasteiger partial charge in [-0.05, 0) is 170 Å². The first-order chi connectivity index (χ1) is 41.5. The molecule has 0 aromatic heterocycles. The maximum absolute atomic E-state index is 14.2. The van der Waals surface area contributed by atoms with E-state index in [0.29, 0.717) is 104 Å². The second-order valence-corrected chi connectivity index (χ2v) is 26.8. The summed E-state index contributed by atoms with van der Waals surface area (Å²) in [4.78, 5) is 106. The monoisotopic (exact) mass is 1220 g/mol. The third kappa shape index (κ3) is 31.5. The fourth-order valence-corrected chi connectivity index (χ4v) is 9.56. The van der Waals surface area contributed by atoms with Gasteiger partial charge in [0.1, 0.15) is 22.4 Å². The molecule has 17 heteroatoms.